The van der Waals surface area contributed by atoms with Crippen LogP contribution in [0.15, 0.2) is 35.9 Å². The van der Waals surface area contributed by atoms with E-state index in [1.807, 2.05) is 0 Å². The molecule has 0 saturated carbocycles. The molecule has 1 aromatic carbocycles. The molecule has 0 atom stereocenters. The van der Waals surface area contributed by atoms with Gasteiger partial charge in [-0.1, -0.05) is 29.8 Å². The standard InChI is InChI=1S/C20H32N4/c1-4-18(20(2,3)24-13-10-21-11-14-24)15-17-7-5-6-8-19(17)23-12-9-22-16-23/h4-8,21-22H,9-16H2,1-3H3. The predicted molar refractivity (Wildman–Crippen MR) is 103 cm³/mol. The number of nitrogens with zero attached hydrogens (tertiary/aromatic N) is 2. The number of rotatable bonds is 5. The van der Waals surface area contributed by atoms with Gasteiger partial charge in [0.25, 0.3) is 0 Å². The molecule has 2 aliphatic rings. The highest BCUT2D eigenvalue weighted by molar-refractivity contribution is 5.55. The first-order valence-electron chi connectivity index (χ1n) is 9.28. The third kappa shape index (κ3) is 3.66. The maximum atomic E-state index is 3.46. The zero-order chi connectivity index (χ0) is 17.0. The van der Waals surface area contributed by atoms with Gasteiger partial charge in [-0.2, -0.15) is 0 Å². The molecule has 4 nitrogen and oxygen atoms in total. The SMILES string of the molecule is CC=C(Cc1ccccc1N1CCNC1)C(C)(C)N1CCNCC1. The van der Waals surface area contributed by atoms with Crippen LogP contribution >= 0.6 is 0 Å². The van der Waals surface area contributed by atoms with Crippen LogP contribution in [0, 0.1) is 0 Å². The molecule has 0 bridgehead atoms. The topological polar surface area (TPSA) is 30.5 Å². The summed E-state index contributed by atoms with van der Waals surface area (Å²) in [4.78, 5) is 5.08. The highest BCUT2D eigenvalue weighted by atomic mass is 15.3. The molecule has 4 heteroatoms. The van der Waals surface area contributed by atoms with Gasteiger partial charge in [-0.25, -0.2) is 0 Å². The largest absolute Gasteiger partial charge is 0.357 e. The van der Waals surface area contributed by atoms with Crippen LogP contribution in [0.4, 0.5) is 5.69 Å². The van der Waals surface area contributed by atoms with Crippen molar-refractivity contribution in [1.82, 2.24) is 15.5 Å². The number of allylic oxidation sites excluding steroid dienone is 1. The van der Waals surface area contributed by atoms with Crippen LogP contribution in [0.5, 0.6) is 0 Å². The number of para-hydroxylation sites is 1. The number of benzene rings is 1. The van der Waals surface area contributed by atoms with Crippen molar-refractivity contribution >= 4 is 5.69 Å². The van der Waals surface area contributed by atoms with E-state index in [2.05, 4.69) is 71.5 Å². The van der Waals surface area contributed by atoms with Crippen LogP contribution in [-0.4, -0.2) is 56.4 Å². The van der Waals surface area contributed by atoms with Crippen LogP contribution in [-0.2, 0) is 6.42 Å². The van der Waals surface area contributed by atoms with Gasteiger partial charge in [-0.15, -0.1) is 0 Å². The lowest BCUT2D eigenvalue weighted by molar-refractivity contribution is 0.130. The molecule has 0 amide bonds. The van der Waals surface area contributed by atoms with Gasteiger partial charge in [0.15, 0.2) is 0 Å². The molecule has 2 N–H and O–H groups in total. The second-order valence-corrected chi connectivity index (χ2v) is 7.34. The summed E-state index contributed by atoms with van der Waals surface area (Å²) in [6.45, 7) is 14.5. The zero-order valence-corrected chi connectivity index (χ0v) is 15.4. The van der Waals surface area contributed by atoms with Crippen LogP contribution in [0.2, 0.25) is 0 Å². The van der Waals surface area contributed by atoms with E-state index >= 15 is 0 Å². The smallest absolute Gasteiger partial charge is 0.0683 e. The van der Waals surface area contributed by atoms with Gasteiger partial charge >= 0.3 is 0 Å². The lowest BCUT2D eigenvalue weighted by atomic mass is 9.86. The van der Waals surface area contributed by atoms with Crippen LogP contribution < -0.4 is 15.5 Å². The van der Waals surface area contributed by atoms with Crippen molar-refractivity contribution in [1.29, 1.82) is 0 Å². The molecule has 2 fully saturated rings. The van der Waals surface area contributed by atoms with Crippen LogP contribution in [0.1, 0.15) is 26.3 Å². The molecule has 3 rings (SSSR count). The van der Waals surface area contributed by atoms with E-state index in [1.54, 1.807) is 0 Å². The van der Waals surface area contributed by atoms with Crippen molar-refractivity contribution in [3.63, 3.8) is 0 Å². The summed E-state index contributed by atoms with van der Waals surface area (Å²) >= 11 is 0. The Morgan fingerprint density at radius 2 is 1.79 bits per heavy atom. The number of hydrogen-bond donors (Lipinski definition) is 2. The monoisotopic (exact) mass is 328 g/mol. The Kier molecular flexibility index (Phi) is 5.59. The lowest BCUT2D eigenvalue weighted by Gasteiger charge is -2.43. The van der Waals surface area contributed by atoms with Gasteiger partial charge in [-0.3, -0.25) is 10.2 Å². The molecular weight excluding hydrogens is 296 g/mol. The molecule has 1 aromatic rings. The Morgan fingerprint density at radius 1 is 1.08 bits per heavy atom. The van der Waals surface area contributed by atoms with E-state index in [1.165, 1.54) is 16.8 Å². The first-order chi connectivity index (χ1) is 11.6. The number of anilines is 1. The van der Waals surface area contributed by atoms with Gasteiger partial charge in [0.05, 0.1) is 6.67 Å². The first-order valence-corrected chi connectivity index (χ1v) is 9.28. The average molecular weight is 329 g/mol. The average Bonchev–Trinajstić information content (AvgIpc) is 3.15. The second-order valence-electron chi connectivity index (χ2n) is 7.34. The van der Waals surface area contributed by atoms with E-state index < -0.39 is 0 Å². The molecule has 2 aliphatic heterocycles. The number of hydrogen-bond acceptors (Lipinski definition) is 4. The fourth-order valence-corrected chi connectivity index (χ4v) is 3.99. The van der Waals surface area contributed by atoms with Crippen molar-refractivity contribution in [3.8, 4) is 0 Å². The number of piperazine rings is 1. The minimum atomic E-state index is 0.104. The first kappa shape index (κ1) is 17.5. The van der Waals surface area contributed by atoms with Crippen molar-refractivity contribution in [2.45, 2.75) is 32.7 Å². The Morgan fingerprint density at radius 3 is 2.46 bits per heavy atom. The Labute approximate surface area is 146 Å². The minimum absolute atomic E-state index is 0.104. The molecule has 0 aliphatic carbocycles. The molecule has 0 radical (unpaired) electrons. The van der Waals surface area contributed by atoms with Crippen molar-refractivity contribution in [2.75, 3.05) is 50.8 Å². The molecule has 2 heterocycles. The predicted octanol–water partition coefficient (Wildman–Crippen LogP) is 2.23. The summed E-state index contributed by atoms with van der Waals surface area (Å²) in [5.41, 5.74) is 4.45. The van der Waals surface area contributed by atoms with Gasteiger partial charge < -0.3 is 10.2 Å². The Balaban J connectivity index is 1.80. The third-order valence-electron chi connectivity index (χ3n) is 5.62. The molecule has 0 unspecified atom stereocenters. The van der Waals surface area contributed by atoms with E-state index in [4.69, 9.17) is 0 Å². The number of nitrogens with one attached hydrogen (secondary N) is 2. The van der Waals surface area contributed by atoms with Gasteiger partial charge in [0, 0.05) is 50.5 Å². The second kappa shape index (κ2) is 7.68. The maximum absolute atomic E-state index is 3.46. The molecule has 0 spiro atoms. The molecule has 2 saturated heterocycles. The van der Waals surface area contributed by atoms with Crippen molar-refractivity contribution in [2.24, 2.45) is 0 Å². The quantitative estimate of drug-likeness (QED) is 0.812. The highest BCUT2D eigenvalue weighted by Gasteiger charge is 2.31. The summed E-state index contributed by atoms with van der Waals surface area (Å²) in [5.74, 6) is 0. The summed E-state index contributed by atoms with van der Waals surface area (Å²) in [6.07, 6.45) is 3.36. The molecular formula is C20H32N4. The Hall–Kier alpha value is -1.36. The van der Waals surface area contributed by atoms with E-state index in [0.29, 0.717) is 0 Å². The summed E-state index contributed by atoms with van der Waals surface area (Å²) in [5, 5.41) is 6.91. The van der Waals surface area contributed by atoms with Crippen LogP contribution in [0.3, 0.4) is 0 Å². The fraction of sp³-hybridized carbons (Fsp3) is 0.600. The highest BCUT2D eigenvalue weighted by Crippen LogP contribution is 2.31. The molecule has 24 heavy (non-hydrogen) atoms. The zero-order valence-electron chi connectivity index (χ0n) is 15.4. The van der Waals surface area contributed by atoms with E-state index in [0.717, 1.165) is 52.4 Å². The third-order valence-corrected chi connectivity index (χ3v) is 5.62. The molecule has 132 valence electrons. The van der Waals surface area contributed by atoms with Gasteiger partial charge in [0.2, 0.25) is 0 Å². The van der Waals surface area contributed by atoms with E-state index in [9.17, 15) is 0 Å². The Bertz CT molecular complexity index is 567. The lowest BCUT2D eigenvalue weighted by Crippen LogP contribution is -2.54. The summed E-state index contributed by atoms with van der Waals surface area (Å²) < 4.78 is 0. The van der Waals surface area contributed by atoms with E-state index in [-0.39, 0.29) is 5.54 Å². The minimum Gasteiger partial charge on any atom is -0.357 e. The fourth-order valence-electron chi connectivity index (χ4n) is 3.99. The molecule has 0 aromatic heterocycles. The van der Waals surface area contributed by atoms with Crippen molar-refractivity contribution < 1.29 is 0 Å². The summed E-state index contributed by atoms with van der Waals surface area (Å²) in [7, 11) is 0. The van der Waals surface area contributed by atoms with Crippen molar-refractivity contribution in [3.05, 3.63) is 41.5 Å². The van der Waals surface area contributed by atoms with Crippen LogP contribution in [0.25, 0.3) is 0 Å². The van der Waals surface area contributed by atoms with Gasteiger partial charge in [0.1, 0.15) is 0 Å². The normalized spacial score (nSPS) is 20.6. The maximum Gasteiger partial charge on any atom is 0.0683 e. The van der Waals surface area contributed by atoms with Gasteiger partial charge in [-0.05, 0) is 38.8 Å². The summed E-state index contributed by atoms with van der Waals surface area (Å²) in [6, 6.07) is 8.90.